The molecule has 4 rings (SSSR count). The molecule has 1 saturated heterocycles. The molecular formula is C24H25N3O3. The molecule has 30 heavy (non-hydrogen) atoms. The summed E-state index contributed by atoms with van der Waals surface area (Å²) in [6.45, 7) is 3.20. The number of hydrogen-bond acceptors (Lipinski definition) is 4. The van der Waals surface area contributed by atoms with E-state index in [0.29, 0.717) is 11.3 Å². The molecule has 0 saturated carbocycles. The molecule has 0 atom stereocenters. The van der Waals surface area contributed by atoms with Crippen LogP contribution in [0.25, 0.3) is 16.9 Å². The van der Waals surface area contributed by atoms with Crippen LogP contribution in [-0.4, -0.2) is 46.3 Å². The zero-order chi connectivity index (χ0) is 20.9. The zero-order valence-corrected chi connectivity index (χ0v) is 17.1. The number of ether oxygens (including phenoxy) is 1. The lowest BCUT2D eigenvalue weighted by Gasteiger charge is -2.26. The van der Waals surface area contributed by atoms with E-state index in [9.17, 15) is 9.59 Å². The van der Waals surface area contributed by atoms with Gasteiger partial charge < -0.3 is 9.64 Å². The number of hydrogen-bond donors (Lipinski definition) is 0. The van der Waals surface area contributed by atoms with Crippen molar-refractivity contribution in [2.75, 3.05) is 19.7 Å². The fourth-order valence-corrected chi connectivity index (χ4v) is 3.71. The van der Waals surface area contributed by atoms with Crippen LogP contribution in [0.5, 0.6) is 0 Å². The number of amides is 1. The lowest BCUT2D eigenvalue weighted by molar-refractivity contribution is -0.135. The van der Waals surface area contributed by atoms with Gasteiger partial charge in [0.15, 0.2) is 6.61 Å². The predicted octanol–water partition coefficient (Wildman–Crippen LogP) is 4.02. The molecular weight excluding hydrogens is 378 g/mol. The van der Waals surface area contributed by atoms with Crippen LogP contribution in [0.1, 0.15) is 35.2 Å². The first-order chi connectivity index (χ1) is 14.6. The minimum absolute atomic E-state index is 0.143. The Labute approximate surface area is 176 Å². The lowest BCUT2D eigenvalue weighted by atomic mass is 10.0. The van der Waals surface area contributed by atoms with Crippen LogP contribution in [0.15, 0.2) is 60.8 Å². The maximum absolute atomic E-state index is 12.9. The summed E-state index contributed by atoms with van der Waals surface area (Å²) in [6, 6.07) is 17.4. The van der Waals surface area contributed by atoms with Crippen LogP contribution in [-0.2, 0) is 9.53 Å². The number of aryl methyl sites for hydroxylation is 1. The van der Waals surface area contributed by atoms with Crippen molar-refractivity contribution in [3.8, 4) is 16.9 Å². The number of piperidine rings is 1. The SMILES string of the molecule is Cc1ccccc1-c1nn(-c2ccccc2)cc1C(=O)OCC(=O)N1CCCCC1. The van der Waals surface area contributed by atoms with Gasteiger partial charge in [0.1, 0.15) is 11.3 Å². The quantitative estimate of drug-likeness (QED) is 0.604. The summed E-state index contributed by atoms with van der Waals surface area (Å²) in [4.78, 5) is 27.1. The maximum atomic E-state index is 12.9. The van der Waals surface area contributed by atoms with Crippen molar-refractivity contribution in [1.29, 1.82) is 0 Å². The normalized spacial score (nSPS) is 13.8. The second-order valence-electron chi connectivity index (χ2n) is 7.50. The maximum Gasteiger partial charge on any atom is 0.342 e. The molecule has 6 nitrogen and oxygen atoms in total. The Morgan fingerprint density at radius 3 is 2.40 bits per heavy atom. The molecule has 154 valence electrons. The Morgan fingerprint density at radius 1 is 0.967 bits per heavy atom. The molecule has 1 fully saturated rings. The third-order valence-electron chi connectivity index (χ3n) is 5.39. The van der Waals surface area contributed by atoms with Crippen LogP contribution in [0.2, 0.25) is 0 Å². The van der Waals surface area contributed by atoms with Gasteiger partial charge in [0, 0.05) is 24.8 Å². The Kier molecular flexibility index (Phi) is 5.93. The summed E-state index contributed by atoms with van der Waals surface area (Å²) in [7, 11) is 0. The van der Waals surface area contributed by atoms with Gasteiger partial charge in [0.25, 0.3) is 5.91 Å². The molecule has 0 bridgehead atoms. The molecule has 2 aromatic carbocycles. The third kappa shape index (κ3) is 4.27. The number of esters is 1. The van der Waals surface area contributed by atoms with Crippen LogP contribution in [0.4, 0.5) is 0 Å². The lowest BCUT2D eigenvalue weighted by Crippen LogP contribution is -2.38. The molecule has 0 aliphatic carbocycles. The number of benzene rings is 2. The smallest absolute Gasteiger partial charge is 0.342 e. The van der Waals surface area contributed by atoms with E-state index in [2.05, 4.69) is 5.10 Å². The number of likely N-dealkylation sites (tertiary alicyclic amines) is 1. The fourth-order valence-electron chi connectivity index (χ4n) is 3.71. The van der Waals surface area contributed by atoms with Crippen molar-refractivity contribution >= 4 is 11.9 Å². The summed E-state index contributed by atoms with van der Waals surface area (Å²) in [5.74, 6) is -0.684. The van der Waals surface area contributed by atoms with E-state index in [-0.39, 0.29) is 12.5 Å². The van der Waals surface area contributed by atoms with Crippen molar-refractivity contribution in [2.24, 2.45) is 0 Å². The number of carbonyl (C=O) groups is 2. The van der Waals surface area contributed by atoms with Gasteiger partial charge in [-0.05, 0) is 43.9 Å². The minimum Gasteiger partial charge on any atom is -0.452 e. The average Bonchev–Trinajstić information content (AvgIpc) is 3.24. The topological polar surface area (TPSA) is 64.4 Å². The number of carbonyl (C=O) groups excluding carboxylic acids is 2. The zero-order valence-electron chi connectivity index (χ0n) is 17.1. The van der Waals surface area contributed by atoms with Gasteiger partial charge in [0.2, 0.25) is 0 Å². The fraction of sp³-hybridized carbons (Fsp3) is 0.292. The Bertz CT molecular complexity index is 1040. The highest BCUT2D eigenvalue weighted by molar-refractivity contribution is 5.97. The minimum atomic E-state index is -0.541. The Balaban J connectivity index is 1.60. The van der Waals surface area contributed by atoms with Gasteiger partial charge in [-0.3, -0.25) is 4.79 Å². The van der Waals surface area contributed by atoms with Crippen LogP contribution in [0.3, 0.4) is 0 Å². The second-order valence-corrected chi connectivity index (χ2v) is 7.50. The summed E-state index contributed by atoms with van der Waals surface area (Å²) in [6.07, 6.45) is 4.81. The highest BCUT2D eigenvalue weighted by Crippen LogP contribution is 2.27. The largest absolute Gasteiger partial charge is 0.452 e. The van der Waals surface area contributed by atoms with Gasteiger partial charge in [-0.25, -0.2) is 9.48 Å². The third-order valence-corrected chi connectivity index (χ3v) is 5.39. The molecule has 0 N–H and O–H groups in total. The summed E-state index contributed by atoms with van der Waals surface area (Å²) in [5.41, 5.74) is 3.61. The van der Waals surface area contributed by atoms with Crippen molar-refractivity contribution < 1.29 is 14.3 Å². The van der Waals surface area contributed by atoms with Crippen LogP contribution < -0.4 is 0 Å². The van der Waals surface area contributed by atoms with Crippen molar-refractivity contribution in [1.82, 2.24) is 14.7 Å². The molecule has 2 heterocycles. The summed E-state index contributed by atoms with van der Waals surface area (Å²) < 4.78 is 7.08. The first kappa shape index (κ1) is 19.9. The molecule has 1 aliphatic heterocycles. The van der Waals surface area contributed by atoms with E-state index in [0.717, 1.165) is 49.2 Å². The van der Waals surface area contributed by atoms with Crippen LogP contribution in [0, 0.1) is 6.92 Å². The Morgan fingerprint density at radius 2 is 1.67 bits per heavy atom. The number of nitrogens with zero attached hydrogens (tertiary/aromatic N) is 3. The molecule has 1 aromatic heterocycles. The van der Waals surface area contributed by atoms with E-state index in [1.807, 2.05) is 61.5 Å². The van der Waals surface area contributed by atoms with E-state index < -0.39 is 5.97 Å². The molecule has 1 amide bonds. The highest BCUT2D eigenvalue weighted by atomic mass is 16.5. The number of para-hydroxylation sites is 1. The first-order valence-electron chi connectivity index (χ1n) is 10.3. The second kappa shape index (κ2) is 8.95. The summed E-state index contributed by atoms with van der Waals surface area (Å²) in [5, 5.41) is 4.67. The van der Waals surface area contributed by atoms with Crippen molar-refractivity contribution in [2.45, 2.75) is 26.2 Å². The van der Waals surface area contributed by atoms with Gasteiger partial charge >= 0.3 is 5.97 Å². The monoisotopic (exact) mass is 403 g/mol. The van der Waals surface area contributed by atoms with Gasteiger partial charge in [-0.1, -0.05) is 42.5 Å². The first-order valence-corrected chi connectivity index (χ1v) is 10.3. The highest BCUT2D eigenvalue weighted by Gasteiger charge is 2.23. The number of aromatic nitrogens is 2. The Hall–Kier alpha value is -3.41. The van der Waals surface area contributed by atoms with E-state index >= 15 is 0 Å². The molecule has 0 spiro atoms. The number of rotatable bonds is 5. The molecule has 0 radical (unpaired) electrons. The van der Waals surface area contributed by atoms with Gasteiger partial charge in [-0.15, -0.1) is 0 Å². The van der Waals surface area contributed by atoms with E-state index in [1.54, 1.807) is 15.8 Å². The predicted molar refractivity (Wildman–Crippen MR) is 114 cm³/mol. The van der Waals surface area contributed by atoms with Gasteiger partial charge in [0.05, 0.1) is 5.69 Å². The summed E-state index contributed by atoms with van der Waals surface area (Å²) >= 11 is 0. The molecule has 6 heteroatoms. The van der Waals surface area contributed by atoms with E-state index in [1.165, 1.54) is 0 Å². The van der Waals surface area contributed by atoms with E-state index in [4.69, 9.17) is 4.74 Å². The van der Waals surface area contributed by atoms with Crippen molar-refractivity contribution in [3.63, 3.8) is 0 Å². The molecule has 3 aromatic rings. The molecule has 0 unspecified atom stereocenters. The van der Waals surface area contributed by atoms with Crippen LogP contribution >= 0.6 is 0 Å². The molecule has 1 aliphatic rings. The van der Waals surface area contributed by atoms with Crippen molar-refractivity contribution in [3.05, 3.63) is 71.9 Å². The standard InChI is InChI=1S/C24H25N3O3/c1-18-10-6-7-13-20(18)23-21(16-27(25-23)19-11-4-2-5-12-19)24(29)30-17-22(28)26-14-8-3-9-15-26/h2,4-7,10-13,16H,3,8-9,14-15,17H2,1H3. The van der Waals surface area contributed by atoms with Gasteiger partial charge in [-0.2, -0.15) is 5.10 Å². The average molecular weight is 403 g/mol.